The number of likely N-dealkylation sites (N-methyl/N-ethyl adjacent to an activating group) is 1. The largest absolute Gasteiger partial charge is 0.361 e. The first-order valence-electron chi connectivity index (χ1n) is 10.5. The van der Waals surface area contributed by atoms with Crippen LogP contribution in [0.15, 0.2) is 29.4 Å². The van der Waals surface area contributed by atoms with Gasteiger partial charge in [0.2, 0.25) is 5.91 Å². The lowest BCUT2D eigenvalue weighted by Crippen LogP contribution is -2.46. The molecule has 0 aliphatic heterocycles. The topological polar surface area (TPSA) is 72.5 Å². The summed E-state index contributed by atoms with van der Waals surface area (Å²) in [5.41, 5.74) is 1.95. The molecule has 1 heterocycles. The molecule has 29 heavy (non-hydrogen) atoms. The van der Waals surface area contributed by atoms with Gasteiger partial charge in [-0.1, -0.05) is 6.42 Å². The summed E-state index contributed by atoms with van der Waals surface area (Å²) in [6, 6.07) is 5.27. The Labute approximate surface area is 171 Å². The van der Waals surface area contributed by atoms with Crippen LogP contribution in [0.3, 0.4) is 0 Å². The molecule has 3 atom stereocenters. The normalized spacial score (nSPS) is 23.6. The Balaban J connectivity index is 1.38. The summed E-state index contributed by atoms with van der Waals surface area (Å²) in [4.78, 5) is 21.2. The second-order valence-corrected chi connectivity index (χ2v) is 8.56. The molecule has 2 bridgehead atoms. The first-order chi connectivity index (χ1) is 14.0. The highest BCUT2D eigenvalue weighted by atomic mass is 19.1. The number of rotatable bonds is 6. The van der Waals surface area contributed by atoms with E-state index < -0.39 is 0 Å². The highest BCUT2D eigenvalue weighted by Gasteiger charge is 2.39. The number of aromatic amines is 1. The van der Waals surface area contributed by atoms with Gasteiger partial charge in [0.15, 0.2) is 5.96 Å². The van der Waals surface area contributed by atoms with Crippen molar-refractivity contribution in [2.45, 2.75) is 38.1 Å². The van der Waals surface area contributed by atoms with Crippen LogP contribution in [-0.2, 0) is 11.2 Å². The molecule has 156 valence electrons. The van der Waals surface area contributed by atoms with Crippen molar-refractivity contribution in [1.82, 2.24) is 20.5 Å². The lowest BCUT2D eigenvalue weighted by atomic mass is 9.95. The third kappa shape index (κ3) is 4.54. The second kappa shape index (κ2) is 8.43. The molecule has 0 spiro atoms. The summed E-state index contributed by atoms with van der Waals surface area (Å²) < 4.78 is 13.4. The third-order valence-corrected chi connectivity index (χ3v) is 6.35. The summed E-state index contributed by atoms with van der Waals surface area (Å²) in [7, 11) is 3.49. The number of hydrogen-bond donors (Lipinski definition) is 3. The van der Waals surface area contributed by atoms with Gasteiger partial charge in [0.05, 0.1) is 0 Å². The van der Waals surface area contributed by atoms with Gasteiger partial charge >= 0.3 is 0 Å². The van der Waals surface area contributed by atoms with Crippen molar-refractivity contribution in [2.24, 2.45) is 16.8 Å². The number of guanidine groups is 1. The van der Waals surface area contributed by atoms with E-state index in [0.29, 0.717) is 18.5 Å². The van der Waals surface area contributed by atoms with Crippen LogP contribution in [0.25, 0.3) is 10.9 Å². The van der Waals surface area contributed by atoms with Crippen LogP contribution < -0.4 is 10.6 Å². The first kappa shape index (κ1) is 19.7. The lowest BCUT2D eigenvalue weighted by molar-refractivity contribution is -0.127. The predicted octanol–water partition coefficient (Wildman–Crippen LogP) is 2.66. The summed E-state index contributed by atoms with van der Waals surface area (Å²) in [6.45, 7) is 0.822. The molecule has 2 fully saturated rings. The van der Waals surface area contributed by atoms with Crippen LogP contribution in [0.5, 0.6) is 0 Å². The van der Waals surface area contributed by atoms with Gasteiger partial charge in [0, 0.05) is 43.8 Å². The van der Waals surface area contributed by atoms with E-state index in [1.807, 2.05) is 12.3 Å². The molecule has 2 saturated carbocycles. The number of carbonyl (C=O) groups is 1. The highest BCUT2D eigenvalue weighted by Crippen LogP contribution is 2.44. The maximum absolute atomic E-state index is 13.4. The Morgan fingerprint density at radius 3 is 2.90 bits per heavy atom. The van der Waals surface area contributed by atoms with Gasteiger partial charge in [0.1, 0.15) is 12.4 Å². The Hall–Kier alpha value is -2.57. The van der Waals surface area contributed by atoms with Crippen LogP contribution in [0.1, 0.15) is 31.2 Å². The Kier molecular flexibility index (Phi) is 5.74. The van der Waals surface area contributed by atoms with Crippen LogP contribution in [0.2, 0.25) is 0 Å². The van der Waals surface area contributed by atoms with Gasteiger partial charge in [-0.05, 0) is 61.3 Å². The van der Waals surface area contributed by atoms with Crippen LogP contribution in [0, 0.1) is 17.7 Å². The predicted molar refractivity (Wildman–Crippen MR) is 113 cm³/mol. The van der Waals surface area contributed by atoms with Crippen molar-refractivity contribution < 1.29 is 9.18 Å². The average Bonchev–Trinajstić information content (AvgIpc) is 3.41. The minimum atomic E-state index is -0.237. The summed E-state index contributed by atoms with van der Waals surface area (Å²) >= 11 is 0. The van der Waals surface area contributed by atoms with Crippen LogP contribution >= 0.6 is 0 Å². The Morgan fingerprint density at radius 2 is 2.17 bits per heavy atom. The molecule has 7 heteroatoms. The molecule has 1 aromatic carbocycles. The van der Waals surface area contributed by atoms with Crippen LogP contribution in [-0.4, -0.2) is 55.0 Å². The fourth-order valence-corrected chi connectivity index (χ4v) is 4.72. The number of fused-ring (bicyclic) bond motifs is 3. The van der Waals surface area contributed by atoms with E-state index in [9.17, 15) is 9.18 Å². The summed E-state index contributed by atoms with van der Waals surface area (Å²) in [5, 5.41) is 8.01. The maximum Gasteiger partial charge on any atom is 0.243 e. The number of hydrogen-bond acceptors (Lipinski definition) is 2. The number of amides is 1. The van der Waals surface area contributed by atoms with Gasteiger partial charge in [-0.2, -0.15) is 0 Å². The van der Waals surface area contributed by atoms with Gasteiger partial charge in [-0.3, -0.25) is 4.79 Å². The molecule has 2 aliphatic rings. The smallest absolute Gasteiger partial charge is 0.243 e. The van der Waals surface area contributed by atoms with Crippen molar-refractivity contribution >= 4 is 22.8 Å². The van der Waals surface area contributed by atoms with Gasteiger partial charge in [0.25, 0.3) is 0 Å². The van der Waals surface area contributed by atoms with E-state index >= 15 is 0 Å². The standard InChI is InChI=1S/C22H30FN5O/c1-28(2)21(29)13-26-22(27-19-10-14-3-4-15(19)9-14)24-8-7-16-12-25-20-11-17(23)5-6-18(16)20/h5-6,11-12,14-15,19,25H,3-4,7-10,13H2,1-2H3,(H2,24,26,27). The Morgan fingerprint density at radius 1 is 1.31 bits per heavy atom. The molecule has 2 aliphatic carbocycles. The molecule has 6 nitrogen and oxygen atoms in total. The van der Waals surface area contributed by atoms with Crippen molar-refractivity contribution in [3.8, 4) is 0 Å². The molecule has 0 saturated heterocycles. The fraction of sp³-hybridized carbons (Fsp3) is 0.545. The zero-order valence-electron chi connectivity index (χ0n) is 17.2. The molecule has 1 amide bonds. The number of aromatic nitrogens is 1. The molecule has 3 unspecified atom stereocenters. The van der Waals surface area contributed by atoms with Crippen molar-refractivity contribution in [2.75, 3.05) is 27.2 Å². The molecule has 3 N–H and O–H groups in total. The number of nitrogens with one attached hydrogen (secondary N) is 3. The number of nitrogens with zero attached hydrogens (tertiary/aromatic N) is 2. The average molecular weight is 400 g/mol. The summed E-state index contributed by atoms with van der Waals surface area (Å²) in [5.74, 6) is 2.02. The van der Waals surface area contributed by atoms with E-state index in [1.165, 1.54) is 37.8 Å². The number of halogens is 1. The van der Waals surface area contributed by atoms with Gasteiger partial charge < -0.3 is 20.5 Å². The molecule has 1 aromatic heterocycles. The molecule has 2 aromatic rings. The minimum absolute atomic E-state index is 0.0160. The van der Waals surface area contributed by atoms with Crippen molar-refractivity contribution in [3.63, 3.8) is 0 Å². The third-order valence-electron chi connectivity index (χ3n) is 6.35. The maximum atomic E-state index is 13.4. The Bertz CT molecular complexity index is 906. The second-order valence-electron chi connectivity index (χ2n) is 8.56. The molecule has 0 radical (unpaired) electrons. The van der Waals surface area contributed by atoms with Crippen molar-refractivity contribution in [3.05, 3.63) is 35.8 Å². The fourth-order valence-electron chi connectivity index (χ4n) is 4.72. The highest BCUT2D eigenvalue weighted by molar-refractivity contribution is 5.85. The number of benzene rings is 1. The number of H-pyrrole nitrogens is 1. The quantitative estimate of drug-likeness (QED) is 0.517. The lowest BCUT2D eigenvalue weighted by Gasteiger charge is -2.25. The van der Waals surface area contributed by atoms with Gasteiger partial charge in [-0.25, -0.2) is 9.38 Å². The number of aliphatic imine (C=N–C) groups is 1. The van der Waals surface area contributed by atoms with E-state index in [1.54, 1.807) is 19.0 Å². The van der Waals surface area contributed by atoms with E-state index in [4.69, 9.17) is 0 Å². The van der Waals surface area contributed by atoms with E-state index in [0.717, 1.165) is 34.7 Å². The zero-order chi connectivity index (χ0) is 20.4. The molecule has 4 rings (SSSR count). The molecular weight excluding hydrogens is 369 g/mol. The SMILES string of the molecule is CN(C)C(=O)CN=C(NCCc1c[nH]c2cc(F)ccc12)NC1CC2CCC1C2. The van der Waals surface area contributed by atoms with Crippen molar-refractivity contribution in [1.29, 1.82) is 0 Å². The monoisotopic (exact) mass is 399 g/mol. The first-order valence-corrected chi connectivity index (χ1v) is 10.5. The van der Waals surface area contributed by atoms with E-state index in [-0.39, 0.29) is 18.3 Å². The molecular formula is C22H30FN5O. The van der Waals surface area contributed by atoms with E-state index in [2.05, 4.69) is 20.6 Å². The minimum Gasteiger partial charge on any atom is -0.361 e. The number of carbonyl (C=O) groups excluding carboxylic acids is 1. The zero-order valence-corrected chi connectivity index (χ0v) is 17.2. The van der Waals surface area contributed by atoms with Gasteiger partial charge in [-0.15, -0.1) is 0 Å². The summed E-state index contributed by atoms with van der Waals surface area (Å²) in [6.07, 6.45) is 7.86. The van der Waals surface area contributed by atoms with Crippen LogP contribution in [0.4, 0.5) is 4.39 Å².